The molecule has 0 saturated carbocycles. The molecule has 0 aliphatic carbocycles. The fourth-order valence-electron chi connectivity index (χ4n) is 1.57. The minimum atomic E-state index is -0.147. The molecule has 0 aliphatic heterocycles. The summed E-state index contributed by atoms with van der Waals surface area (Å²) < 4.78 is 5.41. The van der Waals surface area contributed by atoms with Gasteiger partial charge in [-0.25, -0.2) is 0 Å². The molecule has 0 unspecified atom stereocenters. The summed E-state index contributed by atoms with van der Waals surface area (Å²) in [6, 6.07) is 3.10. The molecule has 6 heteroatoms. The number of anilines is 2. The first-order chi connectivity index (χ1) is 9.40. The number of benzene rings is 1. The molecule has 0 spiro atoms. The molecule has 1 aromatic carbocycles. The van der Waals surface area contributed by atoms with E-state index in [1.807, 2.05) is 0 Å². The Bertz CT molecular complexity index is 441. The van der Waals surface area contributed by atoms with Gasteiger partial charge in [-0.05, 0) is 24.5 Å². The summed E-state index contributed by atoms with van der Waals surface area (Å²) in [4.78, 5) is 11.8. The monoisotopic (exact) mass is 318 g/mol. The zero-order valence-electron chi connectivity index (χ0n) is 11.7. The highest BCUT2D eigenvalue weighted by molar-refractivity contribution is 6.40. The van der Waals surface area contributed by atoms with Crippen molar-refractivity contribution in [3.05, 3.63) is 22.2 Å². The minimum Gasteiger partial charge on any atom is -0.399 e. The van der Waals surface area contributed by atoms with E-state index in [4.69, 9.17) is 33.7 Å². The largest absolute Gasteiger partial charge is 0.399 e. The molecule has 112 valence electrons. The molecule has 4 nitrogen and oxygen atoms in total. The number of ether oxygens (including phenoxy) is 1. The summed E-state index contributed by atoms with van der Waals surface area (Å²) in [7, 11) is 0. The van der Waals surface area contributed by atoms with Crippen LogP contribution in [0.1, 0.15) is 26.7 Å². The van der Waals surface area contributed by atoms with Crippen LogP contribution in [0.25, 0.3) is 0 Å². The summed E-state index contributed by atoms with van der Waals surface area (Å²) >= 11 is 12.0. The standard InChI is InChI=1S/C14H20Cl2N2O2/c1-9(2)8-20-5-3-4-13(19)18-14-11(15)6-10(17)7-12(14)16/h6-7,9H,3-5,8,17H2,1-2H3,(H,18,19). The number of nitrogens with one attached hydrogen (secondary N) is 1. The number of hydrogen-bond acceptors (Lipinski definition) is 3. The molecule has 0 bridgehead atoms. The highest BCUT2D eigenvalue weighted by Gasteiger charge is 2.10. The number of amides is 1. The lowest BCUT2D eigenvalue weighted by Crippen LogP contribution is -2.13. The Hall–Kier alpha value is -0.970. The zero-order valence-corrected chi connectivity index (χ0v) is 13.2. The molecular weight excluding hydrogens is 299 g/mol. The van der Waals surface area contributed by atoms with Crippen LogP contribution in [0.2, 0.25) is 10.0 Å². The quantitative estimate of drug-likeness (QED) is 0.590. The lowest BCUT2D eigenvalue weighted by Gasteiger charge is -2.10. The Labute approximate surface area is 129 Å². The average Bonchev–Trinajstić information content (AvgIpc) is 2.33. The van der Waals surface area contributed by atoms with Gasteiger partial charge in [0, 0.05) is 25.3 Å². The van der Waals surface area contributed by atoms with Crippen LogP contribution < -0.4 is 11.1 Å². The van der Waals surface area contributed by atoms with E-state index >= 15 is 0 Å². The highest BCUT2D eigenvalue weighted by atomic mass is 35.5. The topological polar surface area (TPSA) is 64.3 Å². The normalized spacial score (nSPS) is 10.8. The van der Waals surface area contributed by atoms with Crippen molar-refractivity contribution in [1.82, 2.24) is 0 Å². The second-order valence-corrected chi connectivity index (χ2v) is 5.79. The second kappa shape index (κ2) is 8.35. The zero-order chi connectivity index (χ0) is 15.1. The molecule has 0 radical (unpaired) electrons. The van der Waals surface area contributed by atoms with Crippen LogP contribution in [0.4, 0.5) is 11.4 Å². The molecule has 1 rings (SSSR count). The number of nitrogen functional groups attached to an aromatic ring is 1. The molecule has 1 amide bonds. The maximum absolute atomic E-state index is 11.8. The molecule has 0 fully saturated rings. The molecule has 0 aliphatic rings. The van der Waals surface area contributed by atoms with E-state index in [1.165, 1.54) is 0 Å². The summed E-state index contributed by atoms with van der Waals surface area (Å²) in [5, 5.41) is 3.36. The third-order valence-corrected chi connectivity index (χ3v) is 3.07. The van der Waals surface area contributed by atoms with E-state index in [2.05, 4.69) is 19.2 Å². The smallest absolute Gasteiger partial charge is 0.224 e. The number of carbonyl (C=O) groups is 1. The lowest BCUT2D eigenvalue weighted by atomic mass is 10.2. The van der Waals surface area contributed by atoms with Crippen LogP contribution in [0.5, 0.6) is 0 Å². The van der Waals surface area contributed by atoms with E-state index < -0.39 is 0 Å². The molecule has 3 N–H and O–H groups in total. The molecule has 20 heavy (non-hydrogen) atoms. The van der Waals surface area contributed by atoms with Gasteiger partial charge in [0.15, 0.2) is 0 Å². The van der Waals surface area contributed by atoms with Crippen LogP contribution in [0, 0.1) is 5.92 Å². The van der Waals surface area contributed by atoms with Crippen molar-refractivity contribution < 1.29 is 9.53 Å². The number of carbonyl (C=O) groups excluding carboxylic acids is 1. The molecule has 0 atom stereocenters. The molecule has 0 saturated heterocycles. The first-order valence-corrected chi connectivity index (χ1v) is 7.28. The Balaban J connectivity index is 2.39. The summed E-state index contributed by atoms with van der Waals surface area (Å²) in [5.74, 6) is 0.350. The van der Waals surface area contributed by atoms with Gasteiger partial charge in [-0.15, -0.1) is 0 Å². The van der Waals surface area contributed by atoms with Crippen LogP contribution in [0.3, 0.4) is 0 Å². The van der Waals surface area contributed by atoms with Crippen molar-refractivity contribution in [3.63, 3.8) is 0 Å². The minimum absolute atomic E-state index is 0.147. The van der Waals surface area contributed by atoms with Crippen molar-refractivity contribution >= 4 is 40.5 Å². The molecule has 0 heterocycles. The van der Waals surface area contributed by atoms with E-state index in [9.17, 15) is 4.79 Å². The van der Waals surface area contributed by atoms with Crippen LogP contribution in [-0.2, 0) is 9.53 Å². The average molecular weight is 319 g/mol. The van der Waals surface area contributed by atoms with Gasteiger partial charge in [-0.3, -0.25) is 4.79 Å². The second-order valence-electron chi connectivity index (χ2n) is 4.98. The van der Waals surface area contributed by atoms with Gasteiger partial charge < -0.3 is 15.8 Å². The van der Waals surface area contributed by atoms with Crippen molar-refractivity contribution in [2.75, 3.05) is 24.3 Å². The summed E-state index contributed by atoms with van der Waals surface area (Å²) in [6.45, 7) is 5.43. The van der Waals surface area contributed by atoms with Crippen LogP contribution >= 0.6 is 23.2 Å². The number of hydrogen-bond donors (Lipinski definition) is 2. The van der Waals surface area contributed by atoms with Crippen molar-refractivity contribution in [3.8, 4) is 0 Å². The van der Waals surface area contributed by atoms with Crippen LogP contribution in [-0.4, -0.2) is 19.1 Å². The maximum atomic E-state index is 11.8. The molecule has 1 aromatic rings. The first-order valence-electron chi connectivity index (χ1n) is 6.52. The molecule has 0 aromatic heterocycles. The van der Waals surface area contributed by atoms with Gasteiger partial charge in [0.25, 0.3) is 0 Å². The fraction of sp³-hybridized carbons (Fsp3) is 0.500. The van der Waals surface area contributed by atoms with E-state index in [0.29, 0.717) is 53.4 Å². The fourth-order valence-corrected chi connectivity index (χ4v) is 2.17. The Morgan fingerprint density at radius 1 is 1.35 bits per heavy atom. The molecular formula is C14H20Cl2N2O2. The van der Waals surface area contributed by atoms with Gasteiger partial charge in [0.1, 0.15) is 0 Å². The Kier molecular flexibility index (Phi) is 7.13. The van der Waals surface area contributed by atoms with Gasteiger partial charge >= 0.3 is 0 Å². The Morgan fingerprint density at radius 2 is 1.95 bits per heavy atom. The van der Waals surface area contributed by atoms with Crippen molar-refractivity contribution in [2.45, 2.75) is 26.7 Å². The first kappa shape index (κ1) is 17.1. The van der Waals surface area contributed by atoms with Crippen LogP contribution in [0.15, 0.2) is 12.1 Å². The Morgan fingerprint density at radius 3 is 2.50 bits per heavy atom. The van der Waals surface area contributed by atoms with Crippen molar-refractivity contribution in [2.24, 2.45) is 5.92 Å². The van der Waals surface area contributed by atoms with E-state index in [-0.39, 0.29) is 5.91 Å². The summed E-state index contributed by atoms with van der Waals surface area (Å²) in [6.07, 6.45) is 1.01. The van der Waals surface area contributed by atoms with E-state index in [1.54, 1.807) is 12.1 Å². The number of halogens is 2. The third-order valence-electron chi connectivity index (χ3n) is 2.47. The third kappa shape index (κ3) is 5.99. The van der Waals surface area contributed by atoms with Crippen molar-refractivity contribution in [1.29, 1.82) is 0 Å². The maximum Gasteiger partial charge on any atom is 0.224 e. The number of rotatable bonds is 7. The number of nitrogens with two attached hydrogens (primary N) is 1. The summed E-state index contributed by atoms with van der Waals surface area (Å²) in [5.41, 5.74) is 6.46. The van der Waals surface area contributed by atoms with E-state index in [0.717, 1.165) is 0 Å². The van der Waals surface area contributed by atoms with Gasteiger partial charge in [0.2, 0.25) is 5.91 Å². The highest BCUT2D eigenvalue weighted by Crippen LogP contribution is 2.32. The van der Waals surface area contributed by atoms with Gasteiger partial charge in [-0.1, -0.05) is 37.0 Å². The van der Waals surface area contributed by atoms with Gasteiger partial charge in [-0.2, -0.15) is 0 Å². The SMILES string of the molecule is CC(C)COCCCC(=O)Nc1c(Cl)cc(N)cc1Cl. The predicted molar refractivity (Wildman–Crippen MR) is 84.4 cm³/mol. The van der Waals surface area contributed by atoms with Gasteiger partial charge in [0.05, 0.1) is 15.7 Å². The lowest BCUT2D eigenvalue weighted by molar-refractivity contribution is -0.116. The predicted octanol–water partition coefficient (Wildman–Crippen LogP) is 3.97.